The van der Waals surface area contributed by atoms with E-state index in [0.717, 1.165) is 3.57 Å². The Morgan fingerprint density at radius 2 is 2.15 bits per heavy atom. The van der Waals surface area contributed by atoms with Gasteiger partial charge in [-0.05, 0) is 47.7 Å². The predicted octanol–water partition coefficient (Wildman–Crippen LogP) is 1.52. The molecule has 2 N–H and O–H groups in total. The predicted molar refractivity (Wildman–Crippen MR) is 81.1 cm³/mol. The number of carbonyl (C=O) groups excluding carboxylic acids is 1. The van der Waals surface area contributed by atoms with E-state index < -0.39 is 12.1 Å². The first-order chi connectivity index (χ1) is 9.45. The third-order valence-corrected chi connectivity index (χ3v) is 3.12. The number of aromatic carboxylic acids is 1. The summed E-state index contributed by atoms with van der Waals surface area (Å²) in [7, 11) is 1.54. The van der Waals surface area contributed by atoms with E-state index in [0.29, 0.717) is 13.2 Å². The Morgan fingerprint density at radius 3 is 2.75 bits per heavy atom. The van der Waals surface area contributed by atoms with Crippen LogP contribution >= 0.6 is 22.6 Å². The molecule has 1 atom stereocenters. The number of nitrogens with one attached hydrogen (secondary N) is 1. The minimum Gasteiger partial charge on any atom is -0.480 e. The third-order valence-electron chi connectivity index (χ3n) is 2.45. The molecule has 1 aromatic carbocycles. The van der Waals surface area contributed by atoms with Crippen molar-refractivity contribution >= 4 is 34.5 Å². The number of methoxy groups -OCH3 is 1. The van der Waals surface area contributed by atoms with E-state index >= 15 is 0 Å². The van der Waals surface area contributed by atoms with Crippen molar-refractivity contribution < 1.29 is 24.2 Å². The highest BCUT2D eigenvalue weighted by Crippen LogP contribution is 2.22. The molecule has 0 bridgehead atoms. The van der Waals surface area contributed by atoms with Crippen LogP contribution in [0.4, 0.5) is 0 Å². The molecule has 1 amide bonds. The summed E-state index contributed by atoms with van der Waals surface area (Å²) in [4.78, 5) is 22.9. The maximum Gasteiger partial charge on any atom is 0.339 e. The SMILES string of the molecule is COCCNC(=O)C(C)Oc1ccc(I)cc1C(=O)O. The van der Waals surface area contributed by atoms with Gasteiger partial charge in [0.2, 0.25) is 0 Å². The highest BCUT2D eigenvalue weighted by atomic mass is 127. The first-order valence-corrected chi connectivity index (χ1v) is 6.99. The second-order valence-electron chi connectivity index (χ2n) is 3.99. The van der Waals surface area contributed by atoms with Crippen molar-refractivity contribution in [2.75, 3.05) is 20.3 Å². The lowest BCUT2D eigenvalue weighted by Gasteiger charge is -2.16. The molecule has 0 spiro atoms. The Bertz CT molecular complexity index is 492. The number of halogens is 1. The largest absolute Gasteiger partial charge is 0.480 e. The van der Waals surface area contributed by atoms with E-state index in [1.54, 1.807) is 19.1 Å². The molecular formula is C13H16INO5. The Hall–Kier alpha value is -1.35. The number of ether oxygens (including phenoxy) is 2. The molecule has 1 aromatic rings. The van der Waals surface area contributed by atoms with Gasteiger partial charge in [-0.25, -0.2) is 4.79 Å². The van der Waals surface area contributed by atoms with Crippen LogP contribution in [0.1, 0.15) is 17.3 Å². The van der Waals surface area contributed by atoms with E-state index in [4.69, 9.17) is 14.6 Å². The lowest BCUT2D eigenvalue weighted by molar-refractivity contribution is -0.127. The number of benzene rings is 1. The summed E-state index contributed by atoms with van der Waals surface area (Å²) in [5.41, 5.74) is 0.0356. The number of carboxylic acid groups (broad SMARTS) is 1. The molecule has 1 unspecified atom stereocenters. The maximum absolute atomic E-state index is 11.7. The van der Waals surface area contributed by atoms with Crippen LogP contribution in [0, 0.1) is 3.57 Å². The van der Waals surface area contributed by atoms with Gasteiger partial charge in [0.1, 0.15) is 11.3 Å². The average Bonchev–Trinajstić information content (AvgIpc) is 2.40. The fourth-order valence-electron chi connectivity index (χ4n) is 1.44. The van der Waals surface area contributed by atoms with Gasteiger partial charge < -0.3 is 19.9 Å². The second kappa shape index (κ2) is 8.05. The Labute approximate surface area is 130 Å². The van der Waals surface area contributed by atoms with Gasteiger partial charge in [0, 0.05) is 17.2 Å². The number of amides is 1. The van der Waals surface area contributed by atoms with Crippen molar-refractivity contribution in [3.63, 3.8) is 0 Å². The Morgan fingerprint density at radius 1 is 1.45 bits per heavy atom. The summed E-state index contributed by atoms with van der Waals surface area (Å²) in [5.74, 6) is -1.24. The molecule has 0 aromatic heterocycles. The Kier molecular flexibility index (Phi) is 6.73. The lowest BCUT2D eigenvalue weighted by atomic mass is 10.2. The van der Waals surface area contributed by atoms with Crippen LogP contribution in [0.15, 0.2) is 18.2 Å². The number of rotatable bonds is 7. The molecule has 0 radical (unpaired) electrons. The van der Waals surface area contributed by atoms with Gasteiger partial charge >= 0.3 is 5.97 Å². The van der Waals surface area contributed by atoms with Crippen LogP contribution in [0.2, 0.25) is 0 Å². The fourth-order valence-corrected chi connectivity index (χ4v) is 1.93. The molecular weight excluding hydrogens is 377 g/mol. The zero-order valence-corrected chi connectivity index (χ0v) is 13.3. The van der Waals surface area contributed by atoms with Crippen LogP contribution in [0.25, 0.3) is 0 Å². The molecule has 20 heavy (non-hydrogen) atoms. The quantitative estimate of drug-likeness (QED) is 0.542. The van der Waals surface area contributed by atoms with Gasteiger partial charge in [0.15, 0.2) is 6.10 Å². The number of hydrogen-bond acceptors (Lipinski definition) is 4. The zero-order valence-electron chi connectivity index (χ0n) is 11.2. The molecule has 110 valence electrons. The monoisotopic (exact) mass is 393 g/mol. The van der Waals surface area contributed by atoms with Gasteiger partial charge in [0.05, 0.1) is 6.61 Å². The van der Waals surface area contributed by atoms with Crippen LogP contribution < -0.4 is 10.1 Å². The maximum atomic E-state index is 11.7. The molecule has 6 nitrogen and oxygen atoms in total. The summed E-state index contributed by atoms with van der Waals surface area (Å²) < 4.78 is 11.0. The standard InChI is InChI=1S/C13H16INO5/c1-8(12(16)15-5-6-19-2)20-11-4-3-9(14)7-10(11)13(17)18/h3-4,7-8H,5-6H2,1-2H3,(H,15,16)(H,17,18). The van der Waals surface area contributed by atoms with E-state index in [9.17, 15) is 9.59 Å². The van der Waals surface area contributed by atoms with Crippen LogP contribution in [-0.4, -0.2) is 43.3 Å². The molecule has 0 aliphatic carbocycles. The number of carbonyl (C=O) groups is 2. The molecule has 0 aliphatic heterocycles. The summed E-state index contributed by atoms with van der Waals surface area (Å²) in [5, 5.41) is 11.7. The molecule has 7 heteroatoms. The highest BCUT2D eigenvalue weighted by molar-refractivity contribution is 14.1. The fraction of sp³-hybridized carbons (Fsp3) is 0.385. The van der Waals surface area contributed by atoms with Crippen LogP contribution in [0.3, 0.4) is 0 Å². The minimum atomic E-state index is -1.09. The van der Waals surface area contributed by atoms with Crippen molar-refractivity contribution in [2.45, 2.75) is 13.0 Å². The molecule has 0 fully saturated rings. The van der Waals surface area contributed by atoms with Crippen molar-refractivity contribution in [1.29, 1.82) is 0 Å². The van der Waals surface area contributed by atoms with E-state index in [2.05, 4.69) is 5.32 Å². The van der Waals surface area contributed by atoms with Gasteiger partial charge in [-0.15, -0.1) is 0 Å². The minimum absolute atomic E-state index is 0.0356. The number of hydrogen-bond donors (Lipinski definition) is 2. The summed E-state index contributed by atoms with van der Waals surface area (Å²) in [6.45, 7) is 2.34. The molecule has 1 rings (SSSR count). The van der Waals surface area contributed by atoms with E-state index in [-0.39, 0.29) is 17.2 Å². The lowest BCUT2D eigenvalue weighted by Crippen LogP contribution is -2.38. The molecule has 0 saturated carbocycles. The first-order valence-electron chi connectivity index (χ1n) is 5.92. The summed E-state index contributed by atoms with van der Waals surface area (Å²) >= 11 is 2.01. The van der Waals surface area contributed by atoms with Crippen molar-refractivity contribution in [2.24, 2.45) is 0 Å². The second-order valence-corrected chi connectivity index (χ2v) is 5.24. The van der Waals surface area contributed by atoms with Gasteiger partial charge in [-0.2, -0.15) is 0 Å². The topological polar surface area (TPSA) is 84.9 Å². The Balaban J connectivity index is 2.72. The smallest absolute Gasteiger partial charge is 0.339 e. The third kappa shape index (κ3) is 4.97. The van der Waals surface area contributed by atoms with Gasteiger partial charge in [-0.3, -0.25) is 4.79 Å². The van der Waals surface area contributed by atoms with Crippen LogP contribution in [0.5, 0.6) is 5.75 Å². The van der Waals surface area contributed by atoms with E-state index in [1.165, 1.54) is 13.2 Å². The van der Waals surface area contributed by atoms with Crippen molar-refractivity contribution in [1.82, 2.24) is 5.32 Å². The normalized spacial score (nSPS) is 11.8. The first kappa shape index (κ1) is 16.7. The van der Waals surface area contributed by atoms with Crippen molar-refractivity contribution in [3.8, 4) is 5.75 Å². The van der Waals surface area contributed by atoms with Gasteiger partial charge in [0.25, 0.3) is 5.91 Å². The molecule has 0 heterocycles. The number of carboxylic acids is 1. The molecule has 0 saturated heterocycles. The summed E-state index contributed by atoms with van der Waals surface area (Å²) in [6.07, 6.45) is -0.787. The highest BCUT2D eigenvalue weighted by Gasteiger charge is 2.18. The molecule has 0 aliphatic rings. The van der Waals surface area contributed by atoms with Crippen molar-refractivity contribution in [3.05, 3.63) is 27.3 Å². The average molecular weight is 393 g/mol. The van der Waals surface area contributed by atoms with Gasteiger partial charge in [-0.1, -0.05) is 0 Å². The zero-order chi connectivity index (χ0) is 15.1. The summed E-state index contributed by atoms with van der Waals surface area (Å²) in [6, 6.07) is 4.76. The van der Waals surface area contributed by atoms with E-state index in [1.807, 2.05) is 22.6 Å². The van der Waals surface area contributed by atoms with Crippen LogP contribution in [-0.2, 0) is 9.53 Å².